The van der Waals surface area contributed by atoms with E-state index in [2.05, 4.69) is 16.3 Å². The molecule has 25 heavy (non-hydrogen) atoms. The molecule has 0 aliphatic carbocycles. The quantitative estimate of drug-likeness (QED) is 0.794. The Bertz CT molecular complexity index is 891. The van der Waals surface area contributed by atoms with Crippen LogP contribution in [0.2, 0.25) is 5.02 Å². The number of halogens is 1. The predicted octanol–water partition coefficient (Wildman–Crippen LogP) is 2.84. The van der Waals surface area contributed by atoms with E-state index < -0.39 is 10.0 Å². The summed E-state index contributed by atoms with van der Waals surface area (Å²) in [6.07, 6.45) is 1.06. The summed E-state index contributed by atoms with van der Waals surface area (Å²) >= 11 is 7.89. The number of fused-ring (bicyclic) bond motifs is 1. The molecule has 134 valence electrons. The highest BCUT2D eigenvalue weighted by Gasteiger charge is 2.40. The Morgan fingerprint density at radius 1 is 1.28 bits per heavy atom. The van der Waals surface area contributed by atoms with Crippen LogP contribution in [0.4, 0.5) is 0 Å². The molecule has 1 aromatic carbocycles. The van der Waals surface area contributed by atoms with Gasteiger partial charge in [0, 0.05) is 37.1 Å². The fourth-order valence-electron chi connectivity index (χ4n) is 3.38. The minimum atomic E-state index is -3.50. The minimum absolute atomic E-state index is 0.218. The molecule has 4 rings (SSSR count). The standard InChI is InChI=1S/C17H19ClN2O3S2/c1-23-16-3-2-14(8-15(16)18)25(21,22)20-10-13(11-20)19-6-4-17-12(9-19)5-7-24-17/h2-3,5,7-8,13H,4,6,9-11H2,1H3. The first-order valence-corrected chi connectivity index (χ1v) is 10.8. The van der Waals surface area contributed by atoms with E-state index in [4.69, 9.17) is 16.3 Å². The number of thiophene rings is 1. The molecule has 0 atom stereocenters. The van der Waals surface area contributed by atoms with Crippen LogP contribution in [0.5, 0.6) is 5.75 Å². The van der Waals surface area contributed by atoms with E-state index in [0.717, 1.165) is 19.5 Å². The number of benzene rings is 1. The van der Waals surface area contributed by atoms with Crippen molar-refractivity contribution in [2.75, 3.05) is 26.7 Å². The molecule has 0 amide bonds. The number of rotatable bonds is 4. The normalized spacial score (nSPS) is 19.4. The number of hydrogen-bond acceptors (Lipinski definition) is 5. The zero-order valence-corrected chi connectivity index (χ0v) is 16.2. The first-order chi connectivity index (χ1) is 12.0. The number of hydrogen-bond donors (Lipinski definition) is 0. The Morgan fingerprint density at radius 3 is 2.80 bits per heavy atom. The van der Waals surface area contributed by atoms with Crippen molar-refractivity contribution in [2.24, 2.45) is 0 Å². The van der Waals surface area contributed by atoms with Gasteiger partial charge in [0.05, 0.1) is 17.0 Å². The third kappa shape index (κ3) is 3.08. The third-order valence-corrected chi connectivity index (χ3v) is 8.09. The topological polar surface area (TPSA) is 49.9 Å². The summed E-state index contributed by atoms with van der Waals surface area (Å²) in [6.45, 7) is 2.99. The molecule has 0 N–H and O–H groups in total. The SMILES string of the molecule is COc1ccc(S(=O)(=O)N2CC(N3CCc4sccc4C3)C2)cc1Cl. The Labute approximate surface area is 156 Å². The van der Waals surface area contributed by atoms with Crippen LogP contribution >= 0.6 is 22.9 Å². The van der Waals surface area contributed by atoms with E-state index in [-0.39, 0.29) is 10.9 Å². The molecule has 0 saturated carbocycles. The highest BCUT2D eigenvalue weighted by Crippen LogP contribution is 2.32. The van der Waals surface area contributed by atoms with Gasteiger partial charge in [-0.3, -0.25) is 4.90 Å². The summed E-state index contributed by atoms with van der Waals surface area (Å²) in [7, 11) is -2.00. The first kappa shape index (κ1) is 17.3. The zero-order valence-electron chi connectivity index (χ0n) is 13.8. The van der Waals surface area contributed by atoms with Gasteiger partial charge in [-0.1, -0.05) is 11.6 Å². The van der Waals surface area contributed by atoms with Crippen LogP contribution in [0.3, 0.4) is 0 Å². The molecule has 8 heteroatoms. The predicted molar refractivity (Wildman–Crippen MR) is 99.0 cm³/mol. The number of nitrogens with zero attached hydrogens (tertiary/aromatic N) is 2. The van der Waals surface area contributed by atoms with Crippen molar-refractivity contribution >= 4 is 33.0 Å². The Balaban J connectivity index is 1.44. The van der Waals surface area contributed by atoms with Gasteiger partial charge in [-0.05, 0) is 41.6 Å². The molecule has 5 nitrogen and oxygen atoms in total. The number of sulfonamides is 1. The van der Waals surface area contributed by atoms with Crippen LogP contribution in [0.25, 0.3) is 0 Å². The molecule has 0 radical (unpaired) electrons. The molecular formula is C17H19ClN2O3S2. The van der Waals surface area contributed by atoms with Gasteiger partial charge in [0.25, 0.3) is 0 Å². The zero-order chi connectivity index (χ0) is 17.6. The van der Waals surface area contributed by atoms with Crippen LogP contribution in [0, 0.1) is 0 Å². The van der Waals surface area contributed by atoms with Crippen molar-refractivity contribution in [1.82, 2.24) is 9.21 Å². The maximum atomic E-state index is 12.8. The maximum Gasteiger partial charge on any atom is 0.243 e. The molecule has 1 aromatic heterocycles. The fourth-order valence-corrected chi connectivity index (χ4v) is 6.14. The van der Waals surface area contributed by atoms with Gasteiger partial charge in [-0.2, -0.15) is 4.31 Å². The summed E-state index contributed by atoms with van der Waals surface area (Å²) in [5.41, 5.74) is 1.39. The summed E-state index contributed by atoms with van der Waals surface area (Å²) in [6, 6.07) is 7.07. The monoisotopic (exact) mass is 398 g/mol. The van der Waals surface area contributed by atoms with Crippen molar-refractivity contribution in [3.8, 4) is 5.75 Å². The van der Waals surface area contributed by atoms with Gasteiger partial charge in [-0.15, -0.1) is 11.3 Å². The van der Waals surface area contributed by atoms with Gasteiger partial charge in [-0.25, -0.2) is 8.42 Å². The highest BCUT2D eigenvalue weighted by molar-refractivity contribution is 7.89. The smallest absolute Gasteiger partial charge is 0.243 e. The van der Waals surface area contributed by atoms with Crippen molar-refractivity contribution < 1.29 is 13.2 Å². The lowest BCUT2D eigenvalue weighted by Gasteiger charge is -2.45. The molecule has 0 spiro atoms. The second-order valence-corrected chi connectivity index (χ2v) is 9.71. The minimum Gasteiger partial charge on any atom is -0.495 e. The van der Waals surface area contributed by atoms with Crippen LogP contribution in [-0.2, 0) is 23.0 Å². The van der Waals surface area contributed by atoms with Crippen molar-refractivity contribution in [3.63, 3.8) is 0 Å². The Morgan fingerprint density at radius 2 is 2.08 bits per heavy atom. The van der Waals surface area contributed by atoms with Crippen LogP contribution in [0.15, 0.2) is 34.5 Å². The number of ether oxygens (including phenoxy) is 1. The van der Waals surface area contributed by atoms with Gasteiger partial charge >= 0.3 is 0 Å². The van der Waals surface area contributed by atoms with Gasteiger partial charge in [0.1, 0.15) is 5.75 Å². The van der Waals surface area contributed by atoms with Gasteiger partial charge < -0.3 is 4.74 Å². The number of methoxy groups -OCH3 is 1. The van der Waals surface area contributed by atoms with E-state index >= 15 is 0 Å². The first-order valence-electron chi connectivity index (χ1n) is 8.12. The summed E-state index contributed by atoms with van der Waals surface area (Å²) in [5.74, 6) is 0.474. The largest absolute Gasteiger partial charge is 0.495 e. The van der Waals surface area contributed by atoms with E-state index in [9.17, 15) is 8.42 Å². The van der Waals surface area contributed by atoms with Crippen LogP contribution < -0.4 is 4.74 Å². The summed E-state index contributed by atoms with van der Waals surface area (Å²) in [5, 5.41) is 2.45. The van der Waals surface area contributed by atoms with E-state index in [0.29, 0.717) is 23.9 Å². The molecule has 0 unspecified atom stereocenters. The highest BCUT2D eigenvalue weighted by atomic mass is 35.5. The lowest BCUT2D eigenvalue weighted by molar-refractivity contribution is 0.0775. The van der Waals surface area contributed by atoms with Crippen molar-refractivity contribution in [2.45, 2.75) is 23.9 Å². The van der Waals surface area contributed by atoms with E-state index in [1.165, 1.54) is 27.9 Å². The lowest BCUT2D eigenvalue weighted by Crippen LogP contribution is -2.61. The van der Waals surface area contributed by atoms with Gasteiger partial charge in [0.2, 0.25) is 10.0 Å². The second-order valence-electron chi connectivity index (χ2n) is 6.36. The summed E-state index contributed by atoms with van der Waals surface area (Å²) < 4.78 is 32.1. The Hall–Kier alpha value is -1.12. The van der Waals surface area contributed by atoms with E-state index in [1.54, 1.807) is 12.1 Å². The third-order valence-electron chi connectivity index (χ3n) is 4.94. The summed E-state index contributed by atoms with van der Waals surface area (Å²) in [4.78, 5) is 4.07. The molecule has 1 saturated heterocycles. The molecule has 0 bridgehead atoms. The average molecular weight is 399 g/mol. The Kier molecular flexibility index (Phi) is 4.54. The second kappa shape index (κ2) is 6.55. The molecule has 2 aliphatic heterocycles. The average Bonchev–Trinajstić information content (AvgIpc) is 3.01. The molecule has 3 heterocycles. The fraction of sp³-hybridized carbons (Fsp3) is 0.412. The molecular weight excluding hydrogens is 380 g/mol. The van der Waals surface area contributed by atoms with Crippen LogP contribution in [-0.4, -0.2) is 50.4 Å². The maximum absolute atomic E-state index is 12.8. The molecule has 2 aliphatic rings. The lowest BCUT2D eigenvalue weighted by atomic mass is 10.0. The van der Waals surface area contributed by atoms with Crippen molar-refractivity contribution in [1.29, 1.82) is 0 Å². The van der Waals surface area contributed by atoms with Gasteiger partial charge in [0.15, 0.2) is 0 Å². The molecule has 1 fully saturated rings. The van der Waals surface area contributed by atoms with Crippen molar-refractivity contribution in [3.05, 3.63) is 45.1 Å². The van der Waals surface area contributed by atoms with E-state index in [1.807, 2.05) is 11.3 Å². The molecule has 2 aromatic rings. The van der Waals surface area contributed by atoms with Crippen LogP contribution in [0.1, 0.15) is 10.4 Å².